The highest BCUT2D eigenvalue weighted by atomic mass is 32.2. The summed E-state index contributed by atoms with van der Waals surface area (Å²) in [5.74, 6) is 12.5. The molecule has 33 heavy (non-hydrogen) atoms. The lowest BCUT2D eigenvalue weighted by Gasteiger charge is -2.25. The summed E-state index contributed by atoms with van der Waals surface area (Å²) >= 11 is 0.470. The molecule has 0 amide bonds. The number of nitriles is 1. The molecule has 0 heterocycles. The van der Waals surface area contributed by atoms with Crippen molar-refractivity contribution < 1.29 is 8.78 Å². The normalized spacial score (nSPS) is 17.3. The molecule has 0 atom stereocenters. The van der Waals surface area contributed by atoms with Gasteiger partial charge in [-0.15, -0.1) is 0 Å². The van der Waals surface area contributed by atoms with Crippen molar-refractivity contribution in [3.63, 3.8) is 0 Å². The molecule has 0 aliphatic heterocycles. The van der Waals surface area contributed by atoms with Gasteiger partial charge in [-0.3, -0.25) is 0 Å². The van der Waals surface area contributed by atoms with Crippen LogP contribution in [0.25, 0.3) is 0 Å². The van der Waals surface area contributed by atoms with Crippen LogP contribution in [0, 0.1) is 57.8 Å². The van der Waals surface area contributed by atoms with Crippen molar-refractivity contribution in [1.29, 1.82) is 5.26 Å². The zero-order chi connectivity index (χ0) is 23.6. The Kier molecular flexibility index (Phi) is 9.42. The van der Waals surface area contributed by atoms with Gasteiger partial charge in [-0.1, -0.05) is 56.8 Å². The van der Waals surface area contributed by atoms with Crippen LogP contribution in [0.1, 0.15) is 81.0 Å². The summed E-state index contributed by atoms with van der Waals surface area (Å²) < 4.78 is 28.0. The standard InChI is InChI=1S/C29H29F2NS/c1-3-5-6-21-7-9-22(10-8-21)13-15-26-16-14-23(17-25(26)4-2)11-12-24-18-27(30)29(33-20-32)28(31)19-24/h14,16-19,21-22H,3-10H2,1-2H3. The maximum absolute atomic E-state index is 14.0. The summed E-state index contributed by atoms with van der Waals surface area (Å²) in [5, 5.41) is 10.3. The number of hydrogen-bond donors (Lipinski definition) is 0. The Labute approximate surface area is 201 Å². The van der Waals surface area contributed by atoms with Gasteiger partial charge in [0.15, 0.2) is 0 Å². The summed E-state index contributed by atoms with van der Waals surface area (Å²) in [6.45, 7) is 4.35. The van der Waals surface area contributed by atoms with E-state index in [-0.39, 0.29) is 10.5 Å². The quantitative estimate of drug-likeness (QED) is 0.257. The van der Waals surface area contributed by atoms with Crippen LogP contribution in [-0.4, -0.2) is 0 Å². The number of thioether (sulfide) groups is 1. The van der Waals surface area contributed by atoms with Crippen molar-refractivity contribution in [1.82, 2.24) is 0 Å². The highest BCUT2D eigenvalue weighted by Crippen LogP contribution is 2.31. The number of benzene rings is 2. The van der Waals surface area contributed by atoms with Crippen LogP contribution in [0.3, 0.4) is 0 Å². The van der Waals surface area contributed by atoms with Gasteiger partial charge in [0, 0.05) is 22.6 Å². The molecule has 0 saturated heterocycles. The molecule has 0 aromatic heterocycles. The van der Waals surface area contributed by atoms with E-state index >= 15 is 0 Å². The molecule has 0 bridgehead atoms. The zero-order valence-electron chi connectivity index (χ0n) is 19.3. The summed E-state index contributed by atoms with van der Waals surface area (Å²) in [4.78, 5) is -0.298. The van der Waals surface area contributed by atoms with Gasteiger partial charge < -0.3 is 0 Å². The van der Waals surface area contributed by atoms with Crippen LogP contribution < -0.4 is 0 Å². The van der Waals surface area contributed by atoms with Gasteiger partial charge in [-0.05, 0) is 85.7 Å². The first-order valence-corrected chi connectivity index (χ1v) is 12.6. The van der Waals surface area contributed by atoms with Crippen LogP contribution in [0.4, 0.5) is 8.78 Å². The molecule has 170 valence electrons. The van der Waals surface area contributed by atoms with Crippen molar-refractivity contribution >= 4 is 11.8 Å². The summed E-state index contributed by atoms with van der Waals surface area (Å²) in [6.07, 6.45) is 9.81. The molecule has 1 saturated carbocycles. The number of rotatable bonds is 5. The van der Waals surface area contributed by atoms with Gasteiger partial charge in [0.1, 0.15) is 17.0 Å². The fourth-order valence-electron chi connectivity index (χ4n) is 4.27. The summed E-state index contributed by atoms with van der Waals surface area (Å²) in [6, 6.07) is 8.23. The van der Waals surface area contributed by atoms with E-state index in [1.54, 1.807) is 5.40 Å². The van der Waals surface area contributed by atoms with Crippen molar-refractivity contribution in [2.75, 3.05) is 0 Å². The minimum Gasteiger partial charge on any atom is -0.206 e. The van der Waals surface area contributed by atoms with Gasteiger partial charge in [0.25, 0.3) is 0 Å². The summed E-state index contributed by atoms with van der Waals surface area (Å²) in [7, 11) is 0. The minimum absolute atomic E-state index is 0.240. The van der Waals surface area contributed by atoms with E-state index in [1.165, 1.54) is 44.9 Å². The van der Waals surface area contributed by atoms with Crippen molar-refractivity contribution in [3.8, 4) is 29.1 Å². The largest absolute Gasteiger partial charge is 0.206 e. The Morgan fingerprint density at radius 1 is 0.939 bits per heavy atom. The van der Waals surface area contributed by atoms with Gasteiger partial charge >= 0.3 is 0 Å². The monoisotopic (exact) mass is 461 g/mol. The van der Waals surface area contributed by atoms with Crippen LogP contribution in [-0.2, 0) is 6.42 Å². The molecule has 1 aliphatic carbocycles. The van der Waals surface area contributed by atoms with E-state index < -0.39 is 11.6 Å². The summed E-state index contributed by atoms with van der Waals surface area (Å²) in [5.41, 5.74) is 3.18. The van der Waals surface area contributed by atoms with E-state index in [0.717, 1.165) is 41.2 Å². The van der Waals surface area contributed by atoms with Crippen LogP contribution >= 0.6 is 11.8 Å². The lowest BCUT2D eigenvalue weighted by Crippen LogP contribution is -2.13. The molecule has 3 rings (SSSR count). The first-order chi connectivity index (χ1) is 16.0. The molecule has 1 fully saturated rings. The van der Waals surface area contributed by atoms with Crippen molar-refractivity contribution in [2.24, 2.45) is 11.8 Å². The fourth-order valence-corrected chi connectivity index (χ4v) is 4.68. The number of aryl methyl sites for hydroxylation is 1. The van der Waals surface area contributed by atoms with E-state index in [0.29, 0.717) is 17.7 Å². The van der Waals surface area contributed by atoms with E-state index in [9.17, 15) is 8.78 Å². The molecular weight excluding hydrogens is 432 g/mol. The number of hydrogen-bond acceptors (Lipinski definition) is 2. The minimum atomic E-state index is -0.773. The molecule has 0 spiro atoms. The van der Waals surface area contributed by atoms with Crippen molar-refractivity contribution in [3.05, 3.63) is 64.2 Å². The Balaban J connectivity index is 1.70. The van der Waals surface area contributed by atoms with E-state index in [4.69, 9.17) is 5.26 Å². The SMILES string of the molecule is CCCCC1CCC(C#Cc2ccc(C#Cc3cc(F)c(SC#N)c(F)c3)cc2CC)CC1. The van der Waals surface area contributed by atoms with Gasteiger partial charge in [0.2, 0.25) is 0 Å². The van der Waals surface area contributed by atoms with E-state index in [1.807, 2.05) is 18.2 Å². The average molecular weight is 462 g/mol. The Morgan fingerprint density at radius 2 is 1.64 bits per heavy atom. The third kappa shape index (κ3) is 7.12. The number of nitrogens with zero attached hydrogens (tertiary/aromatic N) is 1. The molecule has 0 unspecified atom stereocenters. The molecule has 1 aliphatic rings. The van der Waals surface area contributed by atoms with Crippen LogP contribution in [0.2, 0.25) is 0 Å². The Hall–Kier alpha value is -2.74. The highest BCUT2D eigenvalue weighted by Gasteiger charge is 2.19. The molecule has 2 aromatic carbocycles. The maximum atomic E-state index is 14.0. The van der Waals surface area contributed by atoms with Crippen LogP contribution in [0.15, 0.2) is 35.2 Å². The second-order valence-corrected chi connectivity index (χ2v) is 9.36. The van der Waals surface area contributed by atoms with Crippen LogP contribution in [0.5, 0.6) is 0 Å². The lowest BCUT2D eigenvalue weighted by atomic mass is 9.80. The zero-order valence-corrected chi connectivity index (χ0v) is 20.1. The second kappa shape index (κ2) is 12.5. The smallest absolute Gasteiger partial charge is 0.142 e. The molecular formula is C29H29F2NS. The average Bonchev–Trinajstić information content (AvgIpc) is 2.83. The predicted octanol–water partition coefficient (Wildman–Crippen LogP) is 7.85. The molecule has 0 N–H and O–H groups in total. The second-order valence-electron chi connectivity index (χ2n) is 8.57. The number of unbranched alkanes of at least 4 members (excludes halogenated alkanes) is 1. The first-order valence-electron chi connectivity index (χ1n) is 11.8. The lowest BCUT2D eigenvalue weighted by molar-refractivity contribution is 0.296. The maximum Gasteiger partial charge on any atom is 0.142 e. The van der Waals surface area contributed by atoms with Gasteiger partial charge in [-0.2, -0.15) is 5.26 Å². The first kappa shape index (κ1) is 24.9. The predicted molar refractivity (Wildman–Crippen MR) is 131 cm³/mol. The van der Waals surface area contributed by atoms with Gasteiger partial charge in [-0.25, -0.2) is 8.78 Å². The molecule has 2 aromatic rings. The highest BCUT2D eigenvalue weighted by molar-refractivity contribution is 8.03. The van der Waals surface area contributed by atoms with E-state index in [2.05, 4.69) is 37.5 Å². The molecule has 1 nitrogen and oxygen atoms in total. The van der Waals surface area contributed by atoms with Crippen molar-refractivity contribution in [2.45, 2.75) is 70.1 Å². The van der Waals surface area contributed by atoms with Gasteiger partial charge in [0.05, 0.1) is 4.90 Å². The number of halogens is 2. The Morgan fingerprint density at radius 3 is 2.27 bits per heavy atom. The third-order valence-electron chi connectivity index (χ3n) is 6.21. The number of thiocyanates is 1. The molecule has 4 heteroatoms. The molecule has 0 radical (unpaired) electrons. The third-order valence-corrected chi connectivity index (χ3v) is 6.89. The fraction of sp³-hybridized carbons (Fsp3) is 0.414. The topological polar surface area (TPSA) is 23.8 Å². The Bertz CT molecular complexity index is 1110.